The van der Waals surface area contributed by atoms with Crippen molar-refractivity contribution in [3.8, 4) is 5.75 Å². The van der Waals surface area contributed by atoms with Crippen LogP contribution in [-0.4, -0.2) is 25.6 Å². The van der Waals surface area contributed by atoms with Gasteiger partial charge in [-0.25, -0.2) is 4.79 Å². The highest BCUT2D eigenvalue weighted by molar-refractivity contribution is 6.00. The second-order valence-electron chi connectivity index (χ2n) is 6.92. The number of nitrogens with one attached hydrogen (secondary N) is 1. The number of esters is 1. The monoisotopic (exact) mass is 391 g/mol. The van der Waals surface area contributed by atoms with E-state index in [-0.39, 0.29) is 12.5 Å². The van der Waals surface area contributed by atoms with Gasteiger partial charge in [-0.2, -0.15) is 0 Å². The average Bonchev–Trinajstić information content (AvgIpc) is 2.76. The van der Waals surface area contributed by atoms with Gasteiger partial charge in [0.2, 0.25) is 0 Å². The highest BCUT2D eigenvalue weighted by atomic mass is 16.5. The van der Waals surface area contributed by atoms with Gasteiger partial charge in [0.1, 0.15) is 11.3 Å². The molecule has 1 N–H and O–H groups in total. The van der Waals surface area contributed by atoms with Crippen LogP contribution in [0.2, 0.25) is 0 Å². The fraction of sp³-hybridized carbons (Fsp3) is 0.250. The largest absolute Gasteiger partial charge is 0.496 e. The molecule has 1 atom stereocenters. The van der Waals surface area contributed by atoms with Crippen LogP contribution in [0.4, 0.5) is 5.69 Å². The number of hydrogen-bond donors (Lipinski definition) is 1. The molecule has 3 rings (SSSR count). The molecule has 0 spiro atoms. The number of para-hydroxylation sites is 1. The van der Waals surface area contributed by atoms with E-state index < -0.39 is 5.97 Å². The number of amides is 1. The summed E-state index contributed by atoms with van der Waals surface area (Å²) in [5.74, 6) is -0.251. The predicted molar refractivity (Wildman–Crippen MR) is 115 cm³/mol. The molecule has 0 aliphatic carbocycles. The Hall–Kier alpha value is -3.34. The lowest BCUT2D eigenvalue weighted by Crippen LogP contribution is -2.22. The molecule has 5 nitrogen and oxygen atoms in total. The fourth-order valence-electron chi connectivity index (χ4n) is 3.20. The van der Waals surface area contributed by atoms with Crippen LogP contribution in [-0.2, 0) is 9.53 Å². The molecule has 1 amide bonds. The van der Waals surface area contributed by atoms with Crippen molar-refractivity contribution in [2.24, 2.45) is 0 Å². The fourth-order valence-corrected chi connectivity index (χ4v) is 3.20. The Balaban J connectivity index is 1.70. The highest BCUT2D eigenvalue weighted by Crippen LogP contribution is 2.28. The molecule has 3 aromatic carbocycles. The number of carbonyl (C=O) groups excluding carboxylic acids is 2. The molecule has 0 bridgehead atoms. The summed E-state index contributed by atoms with van der Waals surface area (Å²) in [5.41, 5.74) is 2.09. The Morgan fingerprint density at radius 3 is 2.34 bits per heavy atom. The zero-order valence-corrected chi connectivity index (χ0v) is 16.9. The average molecular weight is 391 g/mol. The third-order valence-electron chi connectivity index (χ3n) is 5.00. The molecule has 0 saturated carbocycles. The van der Waals surface area contributed by atoms with Crippen LogP contribution in [0, 0.1) is 0 Å². The van der Waals surface area contributed by atoms with Gasteiger partial charge in [-0.15, -0.1) is 0 Å². The number of rotatable bonds is 7. The van der Waals surface area contributed by atoms with Crippen LogP contribution >= 0.6 is 0 Å². The minimum atomic E-state index is -0.599. The molecular weight excluding hydrogens is 366 g/mol. The number of anilines is 1. The Morgan fingerprint density at radius 1 is 1.00 bits per heavy atom. The lowest BCUT2D eigenvalue weighted by atomic mass is 9.97. The quantitative estimate of drug-likeness (QED) is 0.565. The van der Waals surface area contributed by atoms with Gasteiger partial charge in [-0.05, 0) is 46.9 Å². The maximum Gasteiger partial charge on any atom is 0.342 e. The smallest absolute Gasteiger partial charge is 0.342 e. The molecule has 150 valence electrons. The number of benzene rings is 3. The molecule has 0 aliphatic heterocycles. The van der Waals surface area contributed by atoms with Gasteiger partial charge in [0.25, 0.3) is 5.91 Å². The second-order valence-corrected chi connectivity index (χ2v) is 6.92. The van der Waals surface area contributed by atoms with Crippen LogP contribution in [0.25, 0.3) is 10.8 Å². The van der Waals surface area contributed by atoms with Crippen molar-refractivity contribution in [1.29, 1.82) is 0 Å². The molecule has 5 heteroatoms. The lowest BCUT2D eigenvalue weighted by molar-refractivity contribution is -0.119. The van der Waals surface area contributed by atoms with E-state index in [9.17, 15) is 9.59 Å². The molecular formula is C24H25NO4. The number of hydrogen-bond acceptors (Lipinski definition) is 4. The van der Waals surface area contributed by atoms with Crippen molar-refractivity contribution in [2.45, 2.75) is 26.2 Å². The van der Waals surface area contributed by atoms with Crippen LogP contribution < -0.4 is 10.1 Å². The number of methoxy groups -OCH3 is 1. The van der Waals surface area contributed by atoms with Crippen molar-refractivity contribution in [3.63, 3.8) is 0 Å². The van der Waals surface area contributed by atoms with E-state index in [0.29, 0.717) is 17.2 Å². The predicted octanol–water partition coefficient (Wildman–Crippen LogP) is 5.16. The summed E-state index contributed by atoms with van der Waals surface area (Å²) in [7, 11) is 1.50. The topological polar surface area (TPSA) is 64.6 Å². The van der Waals surface area contributed by atoms with Crippen molar-refractivity contribution >= 4 is 28.3 Å². The Bertz CT molecular complexity index is 1030. The standard InChI is InChI=1S/C24H25NO4/c1-4-16(2)19-11-7-8-12-21(19)25-23(26)15-29-24(27)20-13-17-9-5-6-10-18(17)14-22(20)28-3/h5-14,16H,4,15H2,1-3H3,(H,25,26)/t16-/m0/s1. The van der Waals surface area contributed by atoms with Gasteiger partial charge < -0.3 is 14.8 Å². The van der Waals surface area contributed by atoms with Crippen molar-refractivity contribution in [2.75, 3.05) is 19.0 Å². The third-order valence-corrected chi connectivity index (χ3v) is 5.00. The highest BCUT2D eigenvalue weighted by Gasteiger charge is 2.17. The molecule has 0 fully saturated rings. The SMILES string of the molecule is CC[C@H](C)c1ccccc1NC(=O)COC(=O)c1cc2ccccc2cc1OC. The summed E-state index contributed by atoms with van der Waals surface area (Å²) < 4.78 is 10.6. The normalized spacial score (nSPS) is 11.7. The molecule has 0 unspecified atom stereocenters. The summed E-state index contributed by atoms with van der Waals surface area (Å²) in [5, 5.41) is 4.70. The van der Waals surface area contributed by atoms with E-state index in [0.717, 1.165) is 28.4 Å². The van der Waals surface area contributed by atoms with E-state index in [1.54, 1.807) is 12.1 Å². The van der Waals surface area contributed by atoms with Gasteiger partial charge in [-0.1, -0.05) is 56.3 Å². The van der Waals surface area contributed by atoms with E-state index in [4.69, 9.17) is 9.47 Å². The lowest BCUT2D eigenvalue weighted by Gasteiger charge is -2.16. The second kappa shape index (κ2) is 9.24. The summed E-state index contributed by atoms with van der Waals surface area (Å²) >= 11 is 0. The minimum Gasteiger partial charge on any atom is -0.496 e. The van der Waals surface area contributed by atoms with Gasteiger partial charge in [0.15, 0.2) is 6.61 Å². The maximum absolute atomic E-state index is 12.6. The number of carbonyl (C=O) groups is 2. The van der Waals surface area contributed by atoms with E-state index in [2.05, 4.69) is 19.2 Å². The first kappa shape index (κ1) is 20.4. The minimum absolute atomic E-state index is 0.291. The summed E-state index contributed by atoms with van der Waals surface area (Å²) in [6, 6.07) is 18.8. The number of ether oxygens (including phenoxy) is 2. The Labute approximate surface area is 170 Å². The van der Waals surface area contributed by atoms with Gasteiger partial charge in [0, 0.05) is 5.69 Å². The van der Waals surface area contributed by atoms with E-state index in [1.165, 1.54) is 7.11 Å². The van der Waals surface area contributed by atoms with Gasteiger partial charge >= 0.3 is 5.97 Å². The van der Waals surface area contributed by atoms with E-state index in [1.807, 2.05) is 48.5 Å². The summed E-state index contributed by atoms with van der Waals surface area (Å²) in [4.78, 5) is 24.9. The molecule has 0 radical (unpaired) electrons. The Morgan fingerprint density at radius 2 is 1.66 bits per heavy atom. The van der Waals surface area contributed by atoms with Gasteiger partial charge in [0.05, 0.1) is 7.11 Å². The molecule has 29 heavy (non-hydrogen) atoms. The van der Waals surface area contributed by atoms with Crippen molar-refractivity contribution < 1.29 is 19.1 Å². The zero-order valence-electron chi connectivity index (χ0n) is 16.9. The first-order valence-corrected chi connectivity index (χ1v) is 9.66. The van der Waals surface area contributed by atoms with Gasteiger partial charge in [-0.3, -0.25) is 4.79 Å². The summed E-state index contributed by atoms with van der Waals surface area (Å²) in [6.45, 7) is 3.84. The van der Waals surface area contributed by atoms with Crippen LogP contribution in [0.5, 0.6) is 5.75 Å². The van der Waals surface area contributed by atoms with Crippen molar-refractivity contribution in [1.82, 2.24) is 0 Å². The summed E-state index contributed by atoms with van der Waals surface area (Å²) in [6.07, 6.45) is 0.962. The van der Waals surface area contributed by atoms with Crippen molar-refractivity contribution in [3.05, 3.63) is 71.8 Å². The first-order chi connectivity index (χ1) is 14.0. The zero-order chi connectivity index (χ0) is 20.8. The molecule has 0 aliphatic rings. The first-order valence-electron chi connectivity index (χ1n) is 9.66. The van der Waals surface area contributed by atoms with E-state index >= 15 is 0 Å². The van der Waals surface area contributed by atoms with Crippen LogP contribution in [0.1, 0.15) is 42.1 Å². The maximum atomic E-state index is 12.6. The van der Waals surface area contributed by atoms with Crippen LogP contribution in [0.3, 0.4) is 0 Å². The van der Waals surface area contributed by atoms with Crippen LogP contribution in [0.15, 0.2) is 60.7 Å². The Kier molecular flexibility index (Phi) is 6.50. The molecule has 0 saturated heterocycles. The number of fused-ring (bicyclic) bond motifs is 1. The molecule has 0 heterocycles. The third kappa shape index (κ3) is 4.74. The molecule has 0 aromatic heterocycles. The molecule has 3 aromatic rings.